The quantitative estimate of drug-likeness (QED) is 0.305. The molecule has 2 aliphatic rings. The average Bonchev–Trinajstić information content (AvgIpc) is 3.11. The zero-order chi connectivity index (χ0) is 25.0. The van der Waals surface area contributed by atoms with Gasteiger partial charge in [-0.1, -0.05) is 104 Å². The highest BCUT2D eigenvalue weighted by Crippen LogP contribution is 2.49. The first-order valence-electron chi connectivity index (χ1n) is 12.4. The predicted molar refractivity (Wildman–Crippen MR) is 148 cm³/mol. The fourth-order valence-electron chi connectivity index (χ4n) is 5.37. The number of fused-ring (bicyclic) bond motifs is 3. The molecule has 6 rings (SSSR count). The lowest BCUT2D eigenvalue weighted by molar-refractivity contribution is 0.660. The van der Waals surface area contributed by atoms with Gasteiger partial charge in [-0.25, -0.2) is 15.0 Å². The summed E-state index contributed by atoms with van der Waals surface area (Å²) in [5.74, 6) is 2.04. The summed E-state index contributed by atoms with van der Waals surface area (Å²) < 4.78 is 0. The molecule has 3 aromatic carbocycles. The van der Waals surface area contributed by atoms with Crippen molar-refractivity contribution in [3.05, 3.63) is 119 Å². The maximum Gasteiger partial charge on any atom is 0.164 e. The Morgan fingerprint density at radius 2 is 1.33 bits per heavy atom. The van der Waals surface area contributed by atoms with Crippen molar-refractivity contribution in [3.63, 3.8) is 0 Å². The highest BCUT2D eigenvalue weighted by atomic mass is 15.0. The van der Waals surface area contributed by atoms with Gasteiger partial charge < -0.3 is 0 Å². The maximum absolute atomic E-state index is 4.99. The fourth-order valence-corrected chi connectivity index (χ4v) is 5.37. The molecule has 0 atom stereocenters. The van der Waals surface area contributed by atoms with Crippen molar-refractivity contribution in [2.75, 3.05) is 0 Å². The van der Waals surface area contributed by atoms with Crippen LogP contribution in [0.25, 0.3) is 39.5 Å². The number of aryl methyl sites for hydroxylation is 1. The predicted octanol–water partition coefficient (Wildman–Crippen LogP) is 8.11. The van der Waals surface area contributed by atoms with Crippen LogP contribution in [-0.2, 0) is 5.41 Å². The van der Waals surface area contributed by atoms with Gasteiger partial charge in [0.2, 0.25) is 0 Å². The Kier molecular flexibility index (Phi) is 5.11. The van der Waals surface area contributed by atoms with Crippen LogP contribution in [0.15, 0.2) is 96.6 Å². The van der Waals surface area contributed by atoms with Crippen molar-refractivity contribution >= 4 is 5.57 Å². The Hall–Kier alpha value is -4.11. The zero-order valence-electron chi connectivity index (χ0n) is 21.3. The Morgan fingerprint density at radius 3 is 2.08 bits per heavy atom. The van der Waals surface area contributed by atoms with E-state index >= 15 is 0 Å². The number of aromatic nitrogens is 3. The van der Waals surface area contributed by atoms with Gasteiger partial charge in [-0.2, -0.15) is 0 Å². The summed E-state index contributed by atoms with van der Waals surface area (Å²) in [6, 6.07) is 23.7. The van der Waals surface area contributed by atoms with Crippen LogP contribution in [0.5, 0.6) is 0 Å². The molecule has 0 N–H and O–H groups in total. The third kappa shape index (κ3) is 3.63. The first-order valence-corrected chi connectivity index (χ1v) is 12.4. The fraction of sp³-hybridized carbons (Fsp3) is 0.182. The third-order valence-corrected chi connectivity index (χ3v) is 7.44. The Morgan fingerprint density at radius 1 is 0.694 bits per heavy atom. The molecule has 1 aromatic heterocycles. The molecule has 0 spiro atoms. The lowest BCUT2D eigenvalue weighted by atomic mass is 9.82. The van der Waals surface area contributed by atoms with Crippen LogP contribution in [-0.4, -0.2) is 15.0 Å². The molecule has 0 fully saturated rings. The number of benzene rings is 3. The number of nitrogens with zero attached hydrogens (tertiary/aromatic N) is 3. The van der Waals surface area contributed by atoms with E-state index in [2.05, 4.69) is 113 Å². The van der Waals surface area contributed by atoms with Crippen LogP contribution in [0, 0.1) is 6.92 Å². The summed E-state index contributed by atoms with van der Waals surface area (Å²) in [5.41, 5.74) is 11.7. The zero-order valence-corrected chi connectivity index (χ0v) is 21.3. The van der Waals surface area contributed by atoms with Crippen molar-refractivity contribution < 1.29 is 0 Å². The summed E-state index contributed by atoms with van der Waals surface area (Å²) in [6.07, 6.45) is 5.05. The number of hydrogen-bond donors (Lipinski definition) is 0. The van der Waals surface area contributed by atoms with Crippen molar-refractivity contribution in [2.45, 2.75) is 39.5 Å². The smallest absolute Gasteiger partial charge is 0.164 e. The summed E-state index contributed by atoms with van der Waals surface area (Å²) in [7, 11) is 0. The molecule has 0 aliphatic heterocycles. The van der Waals surface area contributed by atoms with Crippen LogP contribution in [0.3, 0.4) is 0 Å². The van der Waals surface area contributed by atoms with Crippen LogP contribution in [0.4, 0.5) is 0 Å². The maximum atomic E-state index is 4.99. The average molecular weight is 468 g/mol. The van der Waals surface area contributed by atoms with E-state index in [9.17, 15) is 0 Å². The summed E-state index contributed by atoms with van der Waals surface area (Å²) in [5, 5.41) is 0. The van der Waals surface area contributed by atoms with E-state index < -0.39 is 0 Å². The van der Waals surface area contributed by atoms with Gasteiger partial charge in [0.05, 0.1) is 0 Å². The van der Waals surface area contributed by atoms with E-state index in [0.717, 1.165) is 28.7 Å². The van der Waals surface area contributed by atoms with Crippen LogP contribution in [0.2, 0.25) is 0 Å². The van der Waals surface area contributed by atoms with Gasteiger partial charge in [0.1, 0.15) is 0 Å². The molecule has 0 saturated carbocycles. The molecule has 1 heterocycles. The Balaban J connectivity index is 1.53. The normalized spacial score (nSPS) is 15.7. The van der Waals surface area contributed by atoms with Gasteiger partial charge in [0.25, 0.3) is 0 Å². The number of rotatable bonds is 3. The number of hydrogen-bond acceptors (Lipinski definition) is 3. The number of allylic oxidation sites excluding steroid dienone is 5. The van der Waals surface area contributed by atoms with E-state index in [1.807, 2.05) is 0 Å². The van der Waals surface area contributed by atoms with Crippen LogP contribution in [0.1, 0.15) is 49.7 Å². The molecule has 0 radical (unpaired) electrons. The van der Waals surface area contributed by atoms with Gasteiger partial charge in [-0.3, -0.25) is 0 Å². The summed E-state index contributed by atoms with van der Waals surface area (Å²) in [4.78, 5) is 14.9. The summed E-state index contributed by atoms with van der Waals surface area (Å²) >= 11 is 0. The largest absolute Gasteiger partial charge is 0.208 e. The van der Waals surface area contributed by atoms with Gasteiger partial charge in [-0.15, -0.1) is 0 Å². The van der Waals surface area contributed by atoms with Crippen LogP contribution < -0.4 is 0 Å². The molecule has 0 amide bonds. The molecule has 2 aliphatic carbocycles. The van der Waals surface area contributed by atoms with E-state index in [4.69, 9.17) is 15.0 Å². The second-order valence-electron chi connectivity index (χ2n) is 10.5. The van der Waals surface area contributed by atoms with Gasteiger partial charge >= 0.3 is 0 Å². The minimum Gasteiger partial charge on any atom is -0.208 e. The molecule has 0 saturated heterocycles. The standard InChI is InChI=1S/C33H29N3/c1-20-10-13-23(14-11-20)30-34-31(36-32(35-30)25-16-12-21(2)18-22(25)3)24-15-17-27-26-8-6-7-9-28(26)33(4,5)29(27)19-24/h6-17,19H,3,18H2,1-2,4-5H3. The van der Waals surface area contributed by atoms with Crippen molar-refractivity contribution in [1.29, 1.82) is 0 Å². The molecule has 3 heteroatoms. The first kappa shape index (κ1) is 22.4. The molecule has 0 bridgehead atoms. The molecule has 0 unspecified atom stereocenters. The van der Waals surface area contributed by atoms with Crippen molar-refractivity contribution in [2.24, 2.45) is 0 Å². The highest BCUT2D eigenvalue weighted by molar-refractivity contribution is 5.84. The second-order valence-corrected chi connectivity index (χ2v) is 10.5. The topological polar surface area (TPSA) is 38.7 Å². The monoisotopic (exact) mass is 467 g/mol. The first-order chi connectivity index (χ1) is 17.3. The SMILES string of the molecule is C=C1CC(C)=CC=C1c1nc(-c2ccc(C)cc2)nc(-c2ccc3c(c2)C(C)(C)c2ccccc2-3)n1. The molecule has 176 valence electrons. The Labute approximate surface area is 213 Å². The second kappa shape index (κ2) is 8.23. The van der Waals surface area contributed by atoms with Crippen molar-refractivity contribution in [3.8, 4) is 33.9 Å². The minimum absolute atomic E-state index is 0.0832. The van der Waals surface area contributed by atoms with Crippen molar-refractivity contribution in [1.82, 2.24) is 15.0 Å². The molecular formula is C33H29N3. The molecular weight excluding hydrogens is 438 g/mol. The van der Waals surface area contributed by atoms with E-state index in [1.54, 1.807) is 0 Å². The van der Waals surface area contributed by atoms with Crippen LogP contribution >= 0.6 is 0 Å². The van der Waals surface area contributed by atoms with Gasteiger partial charge in [0.15, 0.2) is 17.5 Å². The lowest BCUT2D eigenvalue weighted by Gasteiger charge is -2.22. The molecule has 4 aromatic rings. The molecule has 36 heavy (non-hydrogen) atoms. The molecule has 3 nitrogen and oxygen atoms in total. The third-order valence-electron chi connectivity index (χ3n) is 7.44. The summed E-state index contributed by atoms with van der Waals surface area (Å²) in [6.45, 7) is 13.1. The van der Waals surface area contributed by atoms with Gasteiger partial charge in [0, 0.05) is 22.1 Å². The van der Waals surface area contributed by atoms with E-state index in [0.29, 0.717) is 17.5 Å². The van der Waals surface area contributed by atoms with E-state index in [-0.39, 0.29) is 5.41 Å². The minimum atomic E-state index is -0.0832. The van der Waals surface area contributed by atoms with Gasteiger partial charge in [-0.05, 0) is 54.2 Å². The highest BCUT2D eigenvalue weighted by Gasteiger charge is 2.35. The lowest BCUT2D eigenvalue weighted by Crippen LogP contribution is -2.15. The van der Waals surface area contributed by atoms with E-state index in [1.165, 1.54) is 33.4 Å². The Bertz CT molecular complexity index is 1600.